The first kappa shape index (κ1) is 12.9. The zero-order chi connectivity index (χ0) is 12.4. The van der Waals surface area contributed by atoms with E-state index in [0.29, 0.717) is 10.9 Å². The molecule has 2 N–H and O–H groups in total. The van der Waals surface area contributed by atoms with Gasteiger partial charge in [-0.3, -0.25) is 4.79 Å². The van der Waals surface area contributed by atoms with E-state index in [1.807, 2.05) is 13.0 Å². The van der Waals surface area contributed by atoms with Gasteiger partial charge in [0.2, 0.25) is 5.91 Å². The van der Waals surface area contributed by atoms with Crippen LogP contribution in [0, 0.1) is 11.8 Å². The van der Waals surface area contributed by atoms with Crippen LogP contribution in [0.2, 0.25) is 5.02 Å². The molecule has 0 bridgehead atoms. The van der Waals surface area contributed by atoms with Crippen LogP contribution < -0.4 is 10.6 Å². The zero-order valence-electron chi connectivity index (χ0n) is 9.47. The first-order chi connectivity index (χ1) is 8.08. The van der Waals surface area contributed by atoms with E-state index in [2.05, 4.69) is 26.6 Å². The summed E-state index contributed by atoms with van der Waals surface area (Å²) in [6.45, 7) is 3.80. The molecule has 17 heavy (non-hydrogen) atoms. The fraction of sp³-hybridized carbons (Fsp3) is 0.417. The average Bonchev–Trinajstić information content (AvgIpc) is 2.21. The van der Waals surface area contributed by atoms with Gasteiger partial charge in [0.15, 0.2) is 0 Å². The summed E-state index contributed by atoms with van der Waals surface area (Å²) in [5.74, 6) is 0.495. The average molecular weight is 318 g/mol. The summed E-state index contributed by atoms with van der Waals surface area (Å²) in [5, 5.41) is 6.69. The molecule has 1 amide bonds. The van der Waals surface area contributed by atoms with Crippen LogP contribution in [0.5, 0.6) is 0 Å². The number of carbonyl (C=O) groups is 1. The third-order valence-electron chi connectivity index (χ3n) is 3.12. The molecule has 0 radical (unpaired) electrons. The number of amides is 1. The van der Waals surface area contributed by atoms with Crippen LogP contribution in [0.4, 0.5) is 5.69 Å². The molecule has 3 nitrogen and oxygen atoms in total. The van der Waals surface area contributed by atoms with E-state index in [9.17, 15) is 4.79 Å². The third kappa shape index (κ3) is 3.00. The largest absolute Gasteiger partial charge is 0.325 e. The maximum absolute atomic E-state index is 12.0. The lowest BCUT2D eigenvalue weighted by Crippen LogP contribution is -2.48. The number of carbonyl (C=O) groups excluding carboxylic acids is 1. The maximum Gasteiger partial charge on any atom is 0.227 e. The fourth-order valence-corrected chi connectivity index (χ4v) is 2.24. The van der Waals surface area contributed by atoms with Crippen molar-refractivity contribution in [3.63, 3.8) is 0 Å². The van der Waals surface area contributed by atoms with Gasteiger partial charge in [0, 0.05) is 15.4 Å². The van der Waals surface area contributed by atoms with E-state index in [-0.39, 0.29) is 11.8 Å². The standard InChI is InChI=1S/C12H14BrClN2O/c1-7(8-5-15-6-8)12(17)16-11-4-9(14)2-3-10(11)13/h2-4,7-8,15H,5-6H2,1H3,(H,16,17). The van der Waals surface area contributed by atoms with Crippen molar-refractivity contribution in [1.82, 2.24) is 5.32 Å². The first-order valence-electron chi connectivity index (χ1n) is 5.54. The SMILES string of the molecule is CC(C(=O)Nc1cc(Cl)ccc1Br)C1CNC1. The summed E-state index contributed by atoms with van der Waals surface area (Å²) in [6.07, 6.45) is 0. The first-order valence-corrected chi connectivity index (χ1v) is 6.71. The smallest absolute Gasteiger partial charge is 0.227 e. The minimum atomic E-state index is 0.0159. The number of hydrogen-bond acceptors (Lipinski definition) is 2. The predicted octanol–water partition coefficient (Wildman–Crippen LogP) is 2.90. The Morgan fingerprint density at radius 1 is 1.59 bits per heavy atom. The van der Waals surface area contributed by atoms with Gasteiger partial charge in [0.05, 0.1) is 5.69 Å². The number of benzene rings is 1. The molecule has 0 spiro atoms. The molecule has 0 saturated carbocycles. The van der Waals surface area contributed by atoms with Crippen LogP contribution >= 0.6 is 27.5 Å². The van der Waals surface area contributed by atoms with Crippen molar-refractivity contribution < 1.29 is 4.79 Å². The van der Waals surface area contributed by atoms with Crippen LogP contribution in [-0.4, -0.2) is 19.0 Å². The van der Waals surface area contributed by atoms with Crippen molar-refractivity contribution in [3.05, 3.63) is 27.7 Å². The summed E-state index contributed by atoms with van der Waals surface area (Å²) in [6, 6.07) is 5.35. The fourth-order valence-electron chi connectivity index (χ4n) is 1.72. The Balaban J connectivity index is 2.04. The second kappa shape index (κ2) is 5.38. The van der Waals surface area contributed by atoms with Gasteiger partial charge in [-0.1, -0.05) is 18.5 Å². The summed E-state index contributed by atoms with van der Waals surface area (Å²) < 4.78 is 0.842. The van der Waals surface area contributed by atoms with Crippen LogP contribution in [0.25, 0.3) is 0 Å². The van der Waals surface area contributed by atoms with Crippen molar-refractivity contribution in [2.45, 2.75) is 6.92 Å². The van der Waals surface area contributed by atoms with Gasteiger partial charge < -0.3 is 10.6 Å². The Hall–Kier alpha value is -0.580. The molecule has 1 unspecified atom stereocenters. The van der Waals surface area contributed by atoms with Gasteiger partial charge in [-0.05, 0) is 53.1 Å². The molecule has 5 heteroatoms. The molecule has 1 atom stereocenters. The molecule has 1 heterocycles. The molecule has 0 aliphatic carbocycles. The number of anilines is 1. The molecule has 1 aliphatic heterocycles. The Bertz CT molecular complexity index is 435. The highest BCUT2D eigenvalue weighted by Crippen LogP contribution is 2.27. The highest BCUT2D eigenvalue weighted by molar-refractivity contribution is 9.10. The summed E-state index contributed by atoms with van der Waals surface area (Å²) in [4.78, 5) is 12.0. The van der Waals surface area contributed by atoms with E-state index in [1.165, 1.54) is 0 Å². The lowest BCUT2D eigenvalue weighted by Gasteiger charge is -2.31. The van der Waals surface area contributed by atoms with Crippen molar-refractivity contribution in [1.29, 1.82) is 0 Å². The number of halogens is 2. The molecule has 1 fully saturated rings. The van der Waals surface area contributed by atoms with Gasteiger partial charge in [0.25, 0.3) is 0 Å². The molecule has 1 aromatic rings. The van der Waals surface area contributed by atoms with E-state index in [4.69, 9.17) is 11.6 Å². The van der Waals surface area contributed by atoms with Crippen molar-refractivity contribution in [2.24, 2.45) is 11.8 Å². The van der Waals surface area contributed by atoms with Gasteiger partial charge >= 0.3 is 0 Å². The van der Waals surface area contributed by atoms with E-state index in [0.717, 1.165) is 23.2 Å². The molecule has 92 valence electrons. The molecular weight excluding hydrogens is 304 g/mol. The van der Waals surface area contributed by atoms with E-state index in [1.54, 1.807) is 12.1 Å². The lowest BCUT2D eigenvalue weighted by molar-refractivity contribution is -0.121. The predicted molar refractivity (Wildman–Crippen MR) is 73.3 cm³/mol. The van der Waals surface area contributed by atoms with Gasteiger partial charge in [-0.25, -0.2) is 0 Å². The highest BCUT2D eigenvalue weighted by atomic mass is 79.9. The molecule has 0 aromatic heterocycles. The van der Waals surface area contributed by atoms with Gasteiger partial charge in [-0.15, -0.1) is 0 Å². The third-order valence-corrected chi connectivity index (χ3v) is 4.05. The number of nitrogens with one attached hydrogen (secondary N) is 2. The van der Waals surface area contributed by atoms with Gasteiger partial charge in [-0.2, -0.15) is 0 Å². The van der Waals surface area contributed by atoms with Crippen LogP contribution in [-0.2, 0) is 4.79 Å². The molecule has 1 aliphatic rings. The Morgan fingerprint density at radius 3 is 2.88 bits per heavy atom. The quantitative estimate of drug-likeness (QED) is 0.900. The molecule has 1 aromatic carbocycles. The Labute approximate surface area is 114 Å². The van der Waals surface area contributed by atoms with Gasteiger partial charge in [0.1, 0.15) is 0 Å². The maximum atomic E-state index is 12.0. The molecular formula is C12H14BrClN2O. The van der Waals surface area contributed by atoms with E-state index >= 15 is 0 Å². The number of rotatable bonds is 3. The topological polar surface area (TPSA) is 41.1 Å². The van der Waals surface area contributed by atoms with Crippen molar-refractivity contribution in [3.8, 4) is 0 Å². The number of hydrogen-bond donors (Lipinski definition) is 2. The lowest BCUT2D eigenvalue weighted by atomic mass is 9.88. The van der Waals surface area contributed by atoms with Crippen LogP contribution in [0.1, 0.15) is 6.92 Å². The van der Waals surface area contributed by atoms with Crippen LogP contribution in [0.15, 0.2) is 22.7 Å². The van der Waals surface area contributed by atoms with E-state index < -0.39 is 0 Å². The molecule has 2 rings (SSSR count). The summed E-state index contributed by atoms with van der Waals surface area (Å²) in [7, 11) is 0. The minimum absolute atomic E-state index is 0.0159. The van der Waals surface area contributed by atoms with Crippen molar-refractivity contribution in [2.75, 3.05) is 18.4 Å². The highest BCUT2D eigenvalue weighted by Gasteiger charge is 2.28. The van der Waals surface area contributed by atoms with Crippen LogP contribution in [0.3, 0.4) is 0 Å². The molecule has 1 saturated heterocycles. The second-order valence-corrected chi connectivity index (χ2v) is 5.61. The zero-order valence-corrected chi connectivity index (χ0v) is 11.8. The summed E-state index contributed by atoms with van der Waals surface area (Å²) >= 11 is 9.29. The second-order valence-electron chi connectivity index (χ2n) is 4.32. The Morgan fingerprint density at radius 2 is 2.29 bits per heavy atom. The monoisotopic (exact) mass is 316 g/mol. The summed E-state index contributed by atoms with van der Waals surface area (Å²) in [5.41, 5.74) is 0.724. The Kier molecular flexibility index (Phi) is 4.07. The minimum Gasteiger partial charge on any atom is -0.325 e. The normalized spacial score (nSPS) is 17.4. The van der Waals surface area contributed by atoms with Crippen molar-refractivity contribution >= 4 is 39.1 Å².